The first kappa shape index (κ1) is 18.3. The van der Waals surface area contributed by atoms with Crippen molar-refractivity contribution < 1.29 is 14.4 Å². The van der Waals surface area contributed by atoms with Crippen molar-refractivity contribution in [1.29, 1.82) is 0 Å². The van der Waals surface area contributed by atoms with E-state index in [1.54, 1.807) is 12.1 Å². The number of rotatable bonds is 6. The number of benzene rings is 2. The predicted octanol–water partition coefficient (Wildman–Crippen LogP) is 2.14. The fraction of sp³-hybridized carbons (Fsp3) is 0.200. The molecule has 7 nitrogen and oxygen atoms in total. The third-order valence-electron chi connectivity index (χ3n) is 4.22. The Balaban J connectivity index is 1.49. The summed E-state index contributed by atoms with van der Waals surface area (Å²) in [4.78, 5) is 35.3. The van der Waals surface area contributed by atoms with Gasteiger partial charge in [0, 0.05) is 30.5 Å². The van der Waals surface area contributed by atoms with Gasteiger partial charge in [0.2, 0.25) is 17.7 Å². The van der Waals surface area contributed by atoms with Crippen LogP contribution in [0.25, 0.3) is 0 Å². The highest BCUT2D eigenvalue weighted by molar-refractivity contribution is 6.03. The van der Waals surface area contributed by atoms with Gasteiger partial charge in [0.25, 0.3) is 0 Å². The zero-order chi connectivity index (χ0) is 19.2. The molecular formula is C20H20N4O3. The Hall–Kier alpha value is -3.48. The number of nitrogens with one attached hydrogen (secondary N) is 1. The average molecular weight is 364 g/mol. The van der Waals surface area contributed by atoms with E-state index in [2.05, 4.69) is 10.4 Å². The number of hydrogen-bond acceptors (Lipinski definition) is 4. The molecule has 0 bridgehead atoms. The smallest absolute Gasteiger partial charge is 0.248 e. The van der Waals surface area contributed by atoms with Crippen molar-refractivity contribution in [2.75, 3.05) is 11.9 Å². The Morgan fingerprint density at radius 3 is 2.37 bits per heavy atom. The van der Waals surface area contributed by atoms with Crippen LogP contribution in [-0.4, -0.2) is 35.0 Å². The largest absolute Gasteiger partial charge is 0.366 e. The highest BCUT2D eigenvalue weighted by Crippen LogP contribution is 2.15. The molecule has 0 spiro atoms. The highest BCUT2D eigenvalue weighted by atomic mass is 16.2. The van der Waals surface area contributed by atoms with Gasteiger partial charge < -0.3 is 11.1 Å². The molecule has 2 aromatic rings. The first-order valence-electron chi connectivity index (χ1n) is 8.66. The molecule has 3 amide bonds. The summed E-state index contributed by atoms with van der Waals surface area (Å²) in [6.07, 6.45) is 0.841. The van der Waals surface area contributed by atoms with E-state index in [-0.39, 0.29) is 24.7 Å². The second kappa shape index (κ2) is 8.27. The van der Waals surface area contributed by atoms with Gasteiger partial charge in [0.05, 0.1) is 12.3 Å². The normalized spacial score (nSPS) is 13.2. The summed E-state index contributed by atoms with van der Waals surface area (Å²) in [5.74, 6) is -0.985. The maximum atomic E-state index is 12.3. The van der Waals surface area contributed by atoms with Crippen LogP contribution < -0.4 is 11.1 Å². The van der Waals surface area contributed by atoms with Crippen molar-refractivity contribution in [3.63, 3.8) is 0 Å². The molecule has 0 aliphatic carbocycles. The van der Waals surface area contributed by atoms with Crippen molar-refractivity contribution in [3.8, 4) is 0 Å². The molecule has 3 rings (SSSR count). The second-order valence-corrected chi connectivity index (χ2v) is 6.17. The van der Waals surface area contributed by atoms with Gasteiger partial charge in [-0.15, -0.1) is 0 Å². The van der Waals surface area contributed by atoms with E-state index >= 15 is 0 Å². The van der Waals surface area contributed by atoms with Crippen LogP contribution in [0, 0.1) is 0 Å². The SMILES string of the molecule is NC(=O)c1ccc(NC(=O)CCC(=O)N2CCC(c3ccccc3)=N2)cc1. The third-order valence-corrected chi connectivity index (χ3v) is 4.22. The lowest BCUT2D eigenvalue weighted by Crippen LogP contribution is -2.25. The first-order chi connectivity index (χ1) is 13.0. The van der Waals surface area contributed by atoms with Gasteiger partial charge in [-0.2, -0.15) is 5.10 Å². The fourth-order valence-electron chi connectivity index (χ4n) is 2.76. The topological polar surface area (TPSA) is 105 Å². The summed E-state index contributed by atoms with van der Waals surface area (Å²) < 4.78 is 0. The number of carbonyl (C=O) groups is 3. The van der Waals surface area contributed by atoms with Crippen molar-refractivity contribution in [2.24, 2.45) is 10.8 Å². The zero-order valence-electron chi connectivity index (χ0n) is 14.7. The van der Waals surface area contributed by atoms with Gasteiger partial charge in [-0.05, 0) is 29.8 Å². The van der Waals surface area contributed by atoms with Crippen LogP contribution in [0.1, 0.15) is 35.2 Å². The highest BCUT2D eigenvalue weighted by Gasteiger charge is 2.21. The van der Waals surface area contributed by atoms with Gasteiger partial charge in [-0.1, -0.05) is 30.3 Å². The average Bonchev–Trinajstić information content (AvgIpc) is 3.17. The van der Waals surface area contributed by atoms with Gasteiger partial charge in [0.1, 0.15) is 0 Å². The molecule has 0 saturated heterocycles. The van der Waals surface area contributed by atoms with Crippen LogP contribution in [0.5, 0.6) is 0 Å². The van der Waals surface area contributed by atoms with Crippen LogP contribution in [-0.2, 0) is 9.59 Å². The number of anilines is 1. The lowest BCUT2D eigenvalue weighted by atomic mass is 10.1. The number of primary amides is 1. The Labute approximate surface area is 156 Å². The summed E-state index contributed by atoms with van der Waals surface area (Å²) in [7, 11) is 0. The zero-order valence-corrected chi connectivity index (χ0v) is 14.7. The van der Waals surface area contributed by atoms with E-state index in [1.165, 1.54) is 17.1 Å². The molecule has 0 radical (unpaired) electrons. The van der Waals surface area contributed by atoms with Crippen LogP contribution >= 0.6 is 0 Å². The van der Waals surface area contributed by atoms with Gasteiger partial charge in [0.15, 0.2) is 0 Å². The lowest BCUT2D eigenvalue weighted by Gasteiger charge is -2.11. The number of hydrazone groups is 1. The van der Waals surface area contributed by atoms with Crippen LogP contribution in [0.15, 0.2) is 59.7 Å². The summed E-state index contributed by atoms with van der Waals surface area (Å²) in [5.41, 5.74) is 7.97. The lowest BCUT2D eigenvalue weighted by molar-refractivity contribution is -0.132. The third kappa shape index (κ3) is 4.78. The predicted molar refractivity (Wildman–Crippen MR) is 102 cm³/mol. The molecule has 1 heterocycles. The Morgan fingerprint density at radius 2 is 1.70 bits per heavy atom. The Morgan fingerprint density at radius 1 is 1.00 bits per heavy atom. The summed E-state index contributed by atoms with van der Waals surface area (Å²) in [6.45, 7) is 0.527. The van der Waals surface area contributed by atoms with E-state index in [4.69, 9.17) is 5.73 Å². The minimum absolute atomic E-state index is 0.0586. The fourth-order valence-corrected chi connectivity index (χ4v) is 2.76. The van der Waals surface area contributed by atoms with Crippen LogP contribution in [0.3, 0.4) is 0 Å². The van der Waals surface area contributed by atoms with E-state index in [0.29, 0.717) is 24.2 Å². The molecule has 27 heavy (non-hydrogen) atoms. The van der Waals surface area contributed by atoms with Gasteiger partial charge >= 0.3 is 0 Å². The number of hydrogen-bond donors (Lipinski definition) is 2. The van der Waals surface area contributed by atoms with Crippen LogP contribution in [0.4, 0.5) is 5.69 Å². The van der Waals surface area contributed by atoms with Crippen molar-refractivity contribution in [3.05, 3.63) is 65.7 Å². The molecule has 0 fully saturated rings. The van der Waals surface area contributed by atoms with Gasteiger partial charge in [-0.3, -0.25) is 14.4 Å². The maximum Gasteiger partial charge on any atom is 0.248 e. The van der Waals surface area contributed by atoms with E-state index in [9.17, 15) is 14.4 Å². The van der Waals surface area contributed by atoms with Crippen molar-refractivity contribution >= 4 is 29.1 Å². The van der Waals surface area contributed by atoms with E-state index in [1.807, 2.05) is 30.3 Å². The number of nitrogens with zero attached hydrogens (tertiary/aromatic N) is 2. The molecular weight excluding hydrogens is 344 g/mol. The summed E-state index contributed by atoms with van der Waals surface area (Å²) in [5, 5.41) is 8.49. The van der Waals surface area contributed by atoms with Crippen LogP contribution in [0.2, 0.25) is 0 Å². The number of nitrogens with two attached hydrogens (primary N) is 1. The second-order valence-electron chi connectivity index (χ2n) is 6.17. The van der Waals surface area contributed by atoms with Gasteiger partial charge in [-0.25, -0.2) is 5.01 Å². The summed E-state index contributed by atoms with van der Waals surface area (Å²) in [6, 6.07) is 16.0. The molecule has 0 atom stereocenters. The molecule has 0 saturated carbocycles. The van der Waals surface area contributed by atoms with Crippen molar-refractivity contribution in [1.82, 2.24) is 5.01 Å². The molecule has 138 valence electrons. The van der Waals surface area contributed by atoms with Crippen molar-refractivity contribution in [2.45, 2.75) is 19.3 Å². The minimum Gasteiger partial charge on any atom is -0.366 e. The summed E-state index contributed by atoms with van der Waals surface area (Å²) >= 11 is 0. The number of carbonyl (C=O) groups excluding carboxylic acids is 3. The quantitative estimate of drug-likeness (QED) is 0.820. The van der Waals surface area contributed by atoms with E-state index < -0.39 is 5.91 Å². The first-order valence-corrected chi connectivity index (χ1v) is 8.66. The Kier molecular flexibility index (Phi) is 5.61. The number of amides is 3. The molecule has 7 heteroatoms. The monoisotopic (exact) mass is 364 g/mol. The van der Waals surface area contributed by atoms with E-state index in [0.717, 1.165) is 11.3 Å². The Bertz CT molecular complexity index is 876. The minimum atomic E-state index is -0.528. The maximum absolute atomic E-state index is 12.3. The standard InChI is InChI=1S/C20H20N4O3/c21-20(27)15-6-8-16(9-7-15)22-18(25)10-11-19(26)24-13-12-17(23-24)14-4-2-1-3-5-14/h1-9H,10-13H2,(H2,21,27)(H,22,25). The molecule has 3 N–H and O–H groups in total. The molecule has 2 aromatic carbocycles. The molecule has 1 aliphatic rings. The molecule has 0 unspecified atom stereocenters. The molecule has 1 aliphatic heterocycles. The molecule has 0 aromatic heterocycles.